The molecule has 0 heterocycles. The molecule has 3 amide bonds. The second-order valence-corrected chi connectivity index (χ2v) is 4.39. The van der Waals surface area contributed by atoms with E-state index in [0.717, 1.165) is 5.56 Å². The number of rotatable bonds is 5. The van der Waals surface area contributed by atoms with E-state index in [4.69, 9.17) is 0 Å². The highest BCUT2D eigenvalue weighted by Gasteiger charge is 2.17. The molecule has 104 valence electrons. The Morgan fingerprint density at radius 3 is 2.47 bits per heavy atom. The Morgan fingerprint density at radius 1 is 1.26 bits per heavy atom. The van der Waals surface area contributed by atoms with Crippen LogP contribution in [0.5, 0.6) is 0 Å². The van der Waals surface area contributed by atoms with Crippen LogP contribution in [-0.4, -0.2) is 36.5 Å². The third kappa shape index (κ3) is 4.99. The smallest absolute Gasteiger partial charge is 0.315 e. The molecule has 1 atom stereocenters. The molecule has 1 rings (SSSR count). The number of amides is 3. The molecule has 0 aliphatic heterocycles. The molecule has 2 N–H and O–H groups in total. The van der Waals surface area contributed by atoms with E-state index in [1.165, 1.54) is 0 Å². The normalized spacial score (nSPS) is 11.5. The molecule has 0 spiro atoms. The van der Waals surface area contributed by atoms with Gasteiger partial charge >= 0.3 is 6.03 Å². The highest BCUT2D eigenvalue weighted by atomic mass is 16.2. The molecular formula is C14H21N3O2. The molecule has 0 radical (unpaired) electrons. The summed E-state index contributed by atoms with van der Waals surface area (Å²) in [5.74, 6) is -0.0997. The molecule has 1 aromatic rings. The molecule has 5 heteroatoms. The van der Waals surface area contributed by atoms with Crippen molar-refractivity contribution in [1.82, 2.24) is 15.5 Å². The van der Waals surface area contributed by atoms with Crippen LogP contribution in [0.1, 0.15) is 19.4 Å². The zero-order valence-corrected chi connectivity index (χ0v) is 11.6. The molecule has 0 saturated heterocycles. The lowest BCUT2D eigenvalue weighted by Crippen LogP contribution is -2.48. The highest BCUT2D eigenvalue weighted by molar-refractivity contribution is 5.86. The van der Waals surface area contributed by atoms with Crippen molar-refractivity contribution in [1.29, 1.82) is 0 Å². The molecule has 5 nitrogen and oxygen atoms in total. The van der Waals surface area contributed by atoms with Crippen molar-refractivity contribution in [3.05, 3.63) is 35.9 Å². The molecule has 0 aliphatic rings. The molecule has 0 aromatic heterocycles. The number of nitrogens with one attached hydrogen (secondary N) is 2. The molecule has 0 saturated carbocycles. The van der Waals surface area contributed by atoms with Gasteiger partial charge < -0.3 is 15.5 Å². The zero-order valence-electron chi connectivity index (χ0n) is 11.6. The van der Waals surface area contributed by atoms with Gasteiger partial charge in [0.15, 0.2) is 0 Å². The number of hydrogen-bond acceptors (Lipinski definition) is 2. The monoisotopic (exact) mass is 263 g/mol. The van der Waals surface area contributed by atoms with E-state index in [2.05, 4.69) is 10.6 Å². The van der Waals surface area contributed by atoms with E-state index >= 15 is 0 Å². The van der Waals surface area contributed by atoms with Crippen LogP contribution in [0.15, 0.2) is 30.3 Å². The number of urea groups is 1. The van der Waals surface area contributed by atoms with Crippen molar-refractivity contribution in [2.45, 2.75) is 26.4 Å². The third-order valence-corrected chi connectivity index (χ3v) is 2.86. The summed E-state index contributed by atoms with van der Waals surface area (Å²) in [4.78, 5) is 25.0. The fourth-order valence-electron chi connectivity index (χ4n) is 1.57. The lowest BCUT2D eigenvalue weighted by molar-refractivity contribution is -0.131. The highest BCUT2D eigenvalue weighted by Crippen LogP contribution is 1.97. The molecule has 0 aliphatic carbocycles. The molecule has 0 fully saturated rings. The Kier molecular flexibility index (Phi) is 5.85. The van der Waals surface area contributed by atoms with E-state index in [1.54, 1.807) is 18.9 Å². The van der Waals surface area contributed by atoms with Crippen LogP contribution in [0.2, 0.25) is 0 Å². The van der Waals surface area contributed by atoms with Crippen molar-refractivity contribution in [3.8, 4) is 0 Å². The maximum Gasteiger partial charge on any atom is 0.315 e. The second-order valence-electron chi connectivity index (χ2n) is 4.39. The summed E-state index contributed by atoms with van der Waals surface area (Å²) in [6.07, 6.45) is 0. The predicted molar refractivity (Wildman–Crippen MR) is 74.6 cm³/mol. The van der Waals surface area contributed by atoms with Gasteiger partial charge in [-0.15, -0.1) is 0 Å². The first-order chi connectivity index (χ1) is 9.04. The van der Waals surface area contributed by atoms with Crippen molar-refractivity contribution >= 4 is 11.9 Å². The van der Waals surface area contributed by atoms with Crippen LogP contribution < -0.4 is 10.6 Å². The van der Waals surface area contributed by atoms with Gasteiger partial charge in [0, 0.05) is 20.1 Å². The van der Waals surface area contributed by atoms with E-state index in [0.29, 0.717) is 13.1 Å². The van der Waals surface area contributed by atoms with Crippen LogP contribution in [0.4, 0.5) is 4.79 Å². The number of hydrogen-bond donors (Lipinski definition) is 2. The van der Waals surface area contributed by atoms with Crippen LogP contribution in [0, 0.1) is 0 Å². The third-order valence-electron chi connectivity index (χ3n) is 2.86. The summed E-state index contributed by atoms with van der Waals surface area (Å²) in [7, 11) is 1.71. The van der Waals surface area contributed by atoms with Crippen LogP contribution in [0.25, 0.3) is 0 Å². The summed E-state index contributed by atoms with van der Waals surface area (Å²) in [5.41, 5.74) is 1.02. The largest absolute Gasteiger partial charge is 0.344 e. The minimum absolute atomic E-state index is 0.0997. The predicted octanol–water partition coefficient (Wildman–Crippen LogP) is 1.35. The number of nitrogens with zero attached hydrogens (tertiary/aromatic N) is 1. The second kappa shape index (κ2) is 7.41. The SMILES string of the molecule is CCN(C)C(=O)C(C)NC(=O)NCc1ccccc1. The molecule has 1 unspecified atom stereocenters. The Balaban J connectivity index is 2.37. The fraction of sp³-hybridized carbons (Fsp3) is 0.429. The van der Waals surface area contributed by atoms with Gasteiger partial charge in [-0.05, 0) is 19.4 Å². The maximum absolute atomic E-state index is 11.8. The van der Waals surface area contributed by atoms with Gasteiger partial charge in [-0.25, -0.2) is 4.79 Å². The van der Waals surface area contributed by atoms with Crippen LogP contribution in [0.3, 0.4) is 0 Å². The van der Waals surface area contributed by atoms with Gasteiger partial charge in [0.05, 0.1) is 0 Å². The molecular weight excluding hydrogens is 242 g/mol. The minimum Gasteiger partial charge on any atom is -0.344 e. The van der Waals surface area contributed by atoms with E-state index < -0.39 is 6.04 Å². The van der Waals surface area contributed by atoms with Crippen LogP contribution >= 0.6 is 0 Å². The van der Waals surface area contributed by atoms with Gasteiger partial charge in [-0.2, -0.15) is 0 Å². The van der Waals surface area contributed by atoms with E-state index in [9.17, 15) is 9.59 Å². The Labute approximate surface area is 114 Å². The van der Waals surface area contributed by atoms with Crippen molar-refractivity contribution in [3.63, 3.8) is 0 Å². The molecule has 1 aromatic carbocycles. The first-order valence-electron chi connectivity index (χ1n) is 6.37. The summed E-state index contributed by atoms with van der Waals surface area (Å²) in [5, 5.41) is 5.34. The standard InChI is InChI=1S/C14H21N3O2/c1-4-17(3)13(18)11(2)16-14(19)15-10-12-8-6-5-7-9-12/h5-9,11H,4,10H2,1-3H3,(H2,15,16,19). The van der Waals surface area contributed by atoms with Crippen molar-refractivity contribution in [2.75, 3.05) is 13.6 Å². The molecule has 0 bridgehead atoms. The Bertz CT molecular complexity index is 420. The van der Waals surface area contributed by atoms with Crippen molar-refractivity contribution in [2.24, 2.45) is 0 Å². The summed E-state index contributed by atoms with van der Waals surface area (Å²) < 4.78 is 0. The number of carbonyl (C=O) groups is 2. The van der Waals surface area contributed by atoms with Gasteiger partial charge in [0.2, 0.25) is 5.91 Å². The zero-order chi connectivity index (χ0) is 14.3. The lowest BCUT2D eigenvalue weighted by Gasteiger charge is -2.20. The number of benzene rings is 1. The molecule has 19 heavy (non-hydrogen) atoms. The number of carbonyl (C=O) groups excluding carboxylic acids is 2. The first-order valence-corrected chi connectivity index (χ1v) is 6.37. The van der Waals surface area contributed by atoms with Gasteiger partial charge in [-0.1, -0.05) is 30.3 Å². The van der Waals surface area contributed by atoms with Crippen molar-refractivity contribution < 1.29 is 9.59 Å². The summed E-state index contributed by atoms with van der Waals surface area (Å²) in [6.45, 7) is 4.63. The van der Waals surface area contributed by atoms with Crippen LogP contribution in [-0.2, 0) is 11.3 Å². The summed E-state index contributed by atoms with van der Waals surface area (Å²) >= 11 is 0. The summed E-state index contributed by atoms with van der Waals surface area (Å²) in [6, 6.07) is 8.74. The van der Waals surface area contributed by atoms with Gasteiger partial charge in [-0.3, -0.25) is 4.79 Å². The maximum atomic E-state index is 11.8. The average Bonchev–Trinajstić information content (AvgIpc) is 2.44. The topological polar surface area (TPSA) is 61.4 Å². The van der Waals surface area contributed by atoms with Gasteiger partial charge in [0.1, 0.15) is 6.04 Å². The minimum atomic E-state index is -0.527. The first kappa shape index (κ1) is 15.0. The van der Waals surface area contributed by atoms with Gasteiger partial charge in [0.25, 0.3) is 0 Å². The Morgan fingerprint density at radius 2 is 1.89 bits per heavy atom. The van der Waals surface area contributed by atoms with E-state index in [1.807, 2.05) is 37.3 Å². The number of likely N-dealkylation sites (N-methyl/N-ethyl adjacent to an activating group) is 1. The average molecular weight is 263 g/mol. The lowest BCUT2D eigenvalue weighted by atomic mass is 10.2. The Hall–Kier alpha value is -2.04. The quantitative estimate of drug-likeness (QED) is 0.842. The van der Waals surface area contributed by atoms with E-state index in [-0.39, 0.29) is 11.9 Å². The fourth-order valence-corrected chi connectivity index (χ4v) is 1.57.